The Bertz CT molecular complexity index is 1370. The summed E-state index contributed by atoms with van der Waals surface area (Å²) in [6.07, 6.45) is 2.90. The van der Waals surface area contributed by atoms with E-state index in [4.69, 9.17) is 4.98 Å². The third-order valence-electron chi connectivity index (χ3n) is 6.92. The smallest absolute Gasteiger partial charge is 0.351 e. The van der Waals surface area contributed by atoms with Crippen molar-refractivity contribution < 1.29 is 21.6 Å². The molecule has 9 nitrogen and oxygen atoms in total. The molecule has 0 amide bonds. The number of fused-ring (bicyclic) bond motifs is 1. The van der Waals surface area contributed by atoms with Gasteiger partial charge in [0.2, 0.25) is 10.0 Å². The van der Waals surface area contributed by atoms with Crippen molar-refractivity contribution >= 4 is 21.5 Å². The van der Waals surface area contributed by atoms with E-state index in [1.165, 1.54) is 16.7 Å². The molecule has 1 aliphatic heterocycles. The zero-order valence-corrected chi connectivity index (χ0v) is 21.0. The van der Waals surface area contributed by atoms with Crippen LogP contribution in [0.25, 0.3) is 17.2 Å². The lowest BCUT2D eigenvalue weighted by molar-refractivity contribution is -0.137. The minimum absolute atomic E-state index is 0.0699. The van der Waals surface area contributed by atoms with Crippen molar-refractivity contribution in [1.82, 2.24) is 29.0 Å². The average Bonchev–Trinajstić information content (AvgIpc) is 3.55. The lowest BCUT2D eigenvalue weighted by atomic mass is 9.98. The van der Waals surface area contributed by atoms with Gasteiger partial charge in [0, 0.05) is 49.7 Å². The SMILES string of the molecule is C[C@H]1[C@@H](CNS(C)(=O)=O)N(C2CC2)[C@@H](C)CN1c1ccnc(-c2cnc3ccc(C(F)(F)F)cn23)n1. The van der Waals surface area contributed by atoms with Crippen molar-refractivity contribution in [1.29, 1.82) is 0 Å². The highest BCUT2D eigenvalue weighted by Gasteiger charge is 2.45. The van der Waals surface area contributed by atoms with Gasteiger partial charge in [-0.15, -0.1) is 0 Å². The van der Waals surface area contributed by atoms with Crippen molar-refractivity contribution in [3.8, 4) is 11.5 Å². The molecule has 36 heavy (non-hydrogen) atoms. The molecule has 0 spiro atoms. The highest BCUT2D eigenvalue weighted by molar-refractivity contribution is 7.88. The molecule has 5 rings (SSSR count). The van der Waals surface area contributed by atoms with E-state index in [1.807, 2.05) is 6.92 Å². The number of nitrogens with one attached hydrogen (secondary N) is 1. The van der Waals surface area contributed by atoms with E-state index in [0.717, 1.165) is 31.4 Å². The van der Waals surface area contributed by atoms with Crippen LogP contribution in [0, 0.1) is 0 Å². The van der Waals surface area contributed by atoms with Crippen LogP contribution in [-0.4, -0.2) is 76.2 Å². The lowest BCUT2D eigenvalue weighted by Gasteiger charge is -2.50. The van der Waals surface area contributed by atoms with Crippen molar-refractivity contribution in [3.05, 3.63) is 42.4 Å². The summed E-state index contributed by atoms with van der Waals surface area (Å²) in [7, 11) is -3.36. The molecule has 2 fully saturated rings. The Kier molecular flexibility index (Phi) is 6.20. The number of rotatable bonds is 6. The Morgan fingerprint density at radius 2 is 1.89 bits per heavy atom. The van der Waals surface area contributed by atoms with E-state index >= 15 is 0 Å². The topological polar surface area (TPSA) is 95.7 Å². The number of pyridine rings is 1. The fraction of sp³-hybridized carbons (Fsp3) is 0.522. The fourth-order valence-electron chi connectivity index (χ4n) is 5.09. The predicted molar refractivity (Wildman–Crippen MR) is 129 cm³/mol. The van der Waals surface area contributed by atoms with Crippen LogP contribution in [0.3, 0.4) is 0 Å². The third-order valence-corrected chi connectivity index (χ3v) is 7.61. The van der Waals surface area contributed by atoms with Gasteiger partial charge in [-0.25, -0.2) is 28.1 Å². The van der Waals surface area contributed by atoms with Gasteiger partial charge in [-0.3, -0.25) is 9.30 Å². The first-order valence-corrected chi connectivity index (χ1v) is 13.7. The zero-order valence-electron chi connectivity index (χ0n) is 20.1. The Hall–Kier alpha value is -2.77. The monoisotopic (exact) mass is 523 g/mol. The van der Waals surface area contributed by atoms with Crippen LogP contribution >= 0.6 is 0 Å². The molecule has 1 N–H and O–H groups in total. The summed E-state index contributed by atoms with van der Waals surface area (Å²) in [4.78, 5) is 17.8. The molecule has 3 atom stereocenters. The first-order chi connectivity index (χ1) is 16.9. The van der Waals surface area contributed by atoms with Crippen LogP contribution in [0.4, 0.5) is 19.0 Å². The second-order valence-electron chi connectivity index (χ2n) is 9.63. The van der Waals surface area contributed by atoms with Crippen LogP contribution in [0.5, 0.6) is 0 Å². The number of halogens is 3. The van der Waals surface area contributed by atoms with Gasteiger partial charge < -0.3 is 4.90 Å². The number of hydrogen-bond donors (Lipinski definition) is 1. The Morgan fingerprint density at radius 1 is 1.14 bits per heavy atom. The first kappa shape index (κ1) is 24.9. The molecule has 2 aliphatic rings. The number of aromatic nitrogens is 4. The molecule has 13 heteroatoms. The molecule has 1 aliphatic carbocycles. The van der Waals surface area contributed by atoms with Crippen LogP contribution in [0.2, 0.25) is 0 Å². The van der Waals surface area contributed by atoms with Crippen molar-refractivity contribution in [2.24, 2.45) is 0 Å². The lowest BCUT2D eigenvalue weighted by Crippen LogP contribution is -2.66. The summed E-state index contributed by atoms with van der Waals surface area (Å²) < 4.78 is 67.5. The maximum absolute atomic E-state index is 13.3. The predicted octanol–water partition coefficient (Wildman–Crippen LogP) is 2.79. The minimum Gasteiger partial charge on any atom is -0.351 e. The highest BCUT2D eigenvalue weighted by atomic mass is 32.2. The fourth-order valence-corrected chi connectivity index (χ4v) is 5.57. The Morgan fingerprint density at radius 3 is 2.56 bits per heavy atom. The average molecular weight is 524 g/mol. The molecular weight excluding hydrogens is 495 g/mol. The van der Waals surface area contributed by atoms with Crippen LogP contribution in [-0.2, 0) is 16.2 Å². The van der Waals surface area contributed by atoms with Crippen molar-refractivity contribution in [3.63, 3.8) is 0 Å². The summed E-state index contributed by atoms with van der Waals surface area (Å²) in [5.41, 5.74) is -0.0743. The molecular formula is C23H28F3N7O2S. The normalized spacial score (nSPS) is 23.9. The number of nitrogens with zero attached hydrogens (tertiary/aromatic N) is 6. The molecule has 4 heterocycles. The quantitative estimate of drug-likeness (QED) is 0.531. The van der Waals surface area contributed by atoms with Crippen LogP contribution in [0.15, 0.2) is 36.8 Å². The number of alkyl halides is 3. The summed E-state index contributed by atoms with van der Waals surface area (Å²) in [6.45, 7) is 5.12. The van der Waals surface area contributed by atoms with Crippen molar-refractivity contribution in [2.45, 2.75) is 57.0 Å². The number of sulfonamides is 1. The molecule has 0 unspecified atom stereocenters. The van der Waals surface area contributed by atoms with Gasteiger partial charge in [0.15, 0.2) is 5.82 Å². The maximum atomic E-state index is 13.3. The summed E-state index contributed by atoms with van der Waals surface area (Å²) in [6, 6.07) is 4.54. The third kappa shape index (κ3) is 4.91. The van der Waals surface area contributed by atoms with Crippen LogP contribution in [0.1, 0.15) is 32.3 Å². The summed E-state index contributed by atoms with van der Waals surface area (Å²) in [5, 5.41) is 0. The zero-order chi connectivity index (χ0) is 25.8. The number of imidazole rings is 1. The minimum atomic E-state index is -4.49. The highest BCUT2D eigenvalue weighted by Crippen LogP contribution is 2.36. The van der Waals surface area contributed by atoms with E-state index in [2.05, 4.69) is 31.4 Å². The Labute approximate surface area is 207 Å². The van der Waals surface area contributed by atoms with Crippen LogP contribution < -0.4 is 9.62 Å². The number of piperazine rings is 1. The molecule has 0 aromatic carbocycles. The first-order valence-electron chi connectivity index (χ1n) is 11.8. The standard InChI is InChI=1S/C23H28F3N7O2S/c1-14-12-31(15(2)18(11-29-36(3,34)35)33(14)17-5-6-17)21-8-9-27-22(30-21)19-10-28-20-7-4-16(13-32(19)20)23(24,25)26/h4,7-10,13-15,17-18,29H,5-6,11-12H2,1-3H3/t14-,15-,18+/m0/s1. The second-order valence-corrected chi connectivity index (χ2v) is 11.5. The second kappa shape index (κ2) is 8.96. The van der Waals surface area contributed by atoms with Gasteiger partial charge in [-0.05, 0) is 44.9 Å². The van der Waals surface area contributed by atoms with Crippen molar-refractivity contribution in [2.75, 3.05) is 24.2 Å². The molecule has 0 bridgehead atoms. The summed E-state index contributed by atoms with van der Waals surface area (Å²) in [5.74, 6) is 0.885. The van der Waals surface area contributed by atoms with E-state index in [-0.39, 0.29) is 30.5 Å². The van der Waals surface area contributed by atoms with Gasteiger partial charge in [0.25, 0.3) is 0 Å². The van der Waals surface area contributed by atoms with Gasteiger partial charge >= 0.3 is 6.18 Å². The van der Waals surface area contributed by atoms with E-state index in [1.54, 1.807) is 12.3 Å². The van der Waals surface area contributed by atoms with E-state index < -0.39 is 21.8 Å². The number of hydrogen-bond acceptors (Lipinski definition) is 7. The van der Waals surface area contributed by atoms with Gasteiger partial charge in [-0.2, -0.15) is 13.2 Å². The molecule has 3 aromatic heterocycles. The van der Waals surface area contributed by atoms with E-state index in [9.17, 15) is 21.6 Å². The molecule has 3 aromatic rings. The summed E-state index contributed by atoms with van der Waals surface area (Å²) >= 11 is 0. The van der Waals surface area contributed by atoms with Gasteiger partial charge in [-0.1, -0.05) is 0 Å². The van der Waals surface area contributed by atoms with Gasteiger partial charge in [0.05, 0.1) is 18.0 Å². The molecule has 1 saturated heterocycles. The maximum Gasteiger partial charge on any atom is 0.417 e. The van der Waals surface area contributed by atoms with Gasteiger partial charge in [0.1, 0.15) is 17.2 Å². The molecule has 1 saturated carbocycles. The number of anilines is 1. The molecule has 194 valence electrons. The molecule has 0 radical (unpaired) electrons. The largest absolute Gasteiger partial charge is 0.417 e. The Balaban J connectivity index is 1.48. The van der Waals surface area contributed by atoms with E-state index in [0.29, 0.717) is 29.7 Å².